The van der Waals surface area contributed by atoms with E-state index in [9.17, 15) is 9.18 Å². The number of hydrogen-bond donors (Lipinski definition) is 0. The summed E-state index contributed by atoms with van der Waals surface area (Å²) in [6, 6.07) is 5.94. The van der Waals surface area contributed by atoms with Crippen LogP contribution in [-0.2, 0) is 4.79 Å². The van der Waals surface area contributed by atoms with Gasteiger partial charge in [-0.15, -0.1) is 0 Å². The zero-order valence-corrected chi connectivity index (χ0v) is 11.2. The van der Waals surface area contributed by atoms with Crippen molar-refractivity contribution in [2.24, 2.45) is 0 Å². The molecule has 0 bridgehead atoms. The van der Waals surface area contributed by atoms with Crippen molar-refractivity contribution in [2.75, 3.05) is 25.0 Å². The van der Waals surface area contributed by atoms with E-state index >= 15 is 0 Å². The minimum absolute atomic E-state index is 0.000806. The standard InChI is InChI=1S/C13H13ClFN3O/c1-17(7-5-16)12-4-6-18(13(12)19)9-2-3-11(15)10(14)8-9/h2-3,8,12H,4,6-7H2,1H3. The van der Waals surface area contributed by atoms with E-state index in [2.05, 4.69) is 0 Å². The number of hydrogen-bond acceptors (Lipinski definition) is 3. The lowest BCUT2D eigenvalue weighted by Gasteiger charge is -2.21. The first-order chi connectivity index (χ1) is 9.04. The molecule has 1 aromatic carbocycles. The summed E-state index contributed by atoms with van der Waals surface area (Å²) in [6.45, 7) is 0.746. The predicted molar refractivity (Wildman–Crippen MR) is 70.4 cm³/mol. The van der Waals surface area contributed by atoms with Gasteiger partial charge in [-0.2, -0.15) is 5.26 Å². The van der Waals surface area contributed by atoms with Gasteiger partial charge in [0.1, 0.15) is 5.82 Å². The fraction of sp³-hybridized carbons (Fsp3) is 0.385. The average molecular weight is 282 g/mol. The van der Waals surface area contributed by atoms with Crippen molar-refractivity contribution < 1.29 is 9.18 Å². The summed E-state index contributed by atoms with van der Waals surface area (Å²) in [5.74, 6) is -0.587. The molecule has 0 saturated carbocycles. The van der Waals surface area contributed by atoms with Gasteiger partial charge in [0.2, 0.25) is 5.91 Å². The molecular formula is C13H13ClFN3O. The minimum atomic E-state index is -0.504. The molecule has 0 radical (unpaired) electrons. The number of benzene rings is 1. The number of rotatable bonds is 3. The zero-order chi connectivity index (χ0) is 14.0. The molecule has 0 N–H and O–H groups in total. The molecule has 1 aliphatic heterocycles. The van der Waals surface area contributed by atoms with Gasteiger partial charge in [0.05, 0.1) is 23.7 Å². The lowest BCUT2D eigenvalue weighted by Crippen LogP contribution is -2.39. The lowest BCUT2D eigenvalue weighted by molar-refractivity contribution is -0.121. The third-order valence-electron chi connectivity index (χ3n) is 3.24. The van der Waals surface area contributed by atoms with Crippen LogP contribution in [0.2, 0.25) is 5.02 Å². The number of carbonyl (C=O) groups is 1. The van der Waals surface area contributed by atoms with Crippen LogP contribution in [0, 0.1) is 17.1 Å². The van der Waals surface area contributed by atoms with Crippen LogP contribution < -0.4 is 4.90 Å². The maximum Gasteiger partial charge on any atom is 0.244 e. The maximum absolute atomic E-state index is 13.1. The van der Waals surface area contributed by atoms with Crippen LogP contribution in [0.5, 0.6) is 0 Å². The second kappa shape index (κ2) is 5.55. The van der Waals surface area contributed by atoms with Gasteiger partial charge in [-0.1, -0.05) is 11.6 Å². The smallest absolute Gasteiger partial charge is 0.244 e. The van der Waals surface area contributed by atoms with Gasteiger partial charge < -0.3 is 4.90 Å². The van der Waals surface area contributed by atoms with Gasteiger partial charge in [-0.3, -0.25) is 9.69 Å². The average Bonchev–Trinajstić information content (AvgIpc) is 2.75. The number of carbonyl (C=O) groups excluding carboxylic acids is 1. The summed E-state index contributed by atoms with van der Waals surface area (Å²) >= 11 is 5.72. The van der Waals surface area contributed by atoms with Crippen molar-refractivity contribution in [1.29, 1.82) is 5.26 Å². The van der Waals surface area contributed by atoms with E-state index in [0.29, 0.717) is 18.7 Å². The summed E-state index contributed by atoms with van der Waals surface area (Å²) in [5.41, 5.74) is 0.587. The van der Waals surface area contributed by atoms with Gasteiger partial charge in [0.15, 0.2) is 0 Å². The number of nitriles is 1. The Hall–Kier alpha value is -1.64. The van der Waals surface area contributed by atoms with E-state index in [1.165, 1.54) is 18.2 Å². The Morgan fingerprint density at radius 3 is 3.00 bits per heavy atom. The van der Waals surface area contributed by atoms with Crippen molar-refractivity contribution >= 4 is 23.2 Å². The number of halogens is 2. The third kappa shape index (κ3) is 2.70. The number of likely N-dealkylation sites (N-methyl/N-ethyl adjacent to an activating group) is 1. The normalized spacial score (nSPS) is 19.0. The van der Waals surface area contributed by atoms with Gasteiger partial charge in [0, 0.05) is 12.2 Å². The Morgan fingerprint density at radius 2 is 2.37 bits per heavy atom. The molecular weight excluding hydrogens is 269 g/mol. The van der Waals surface area contributed by atoms with Crippen molar-refractivity contribution in [2.45, 2.75) is 12.5 Å². The molecule has 2 rings (SSSR count). The van der Waals surface area contributed by atoms with Crippen molar-refractivity contribution in [3.05, 3.63) is 29.0 Å². The van der Waals surface area contributed by atoms with Crippen LogP contribution in [0.4, 0.5) is 10.1 Å². The van der Waals surface area contributed by atoms with Crippen molar-refractivity contribution in [1.82, 2.24) is 4.90 Å². The quantitative estimate of drug-likeness (QED) is 0.797. The highest BCUT2D eigenvalue weighted by molar-refractivity contribution is 6.31. The van der Waals surface area contributed by atoms with E-state index in [4.69, 9.17) is 16.9 Å². The Kier molecular flexibility index (Phi) is 4.03. The summed E-state index contributed by atoms with van der Waals surface area (Å²) < 4.78 is 13.1. The molecule has 6 heteroatoms. The molecule has 0 aliphatic carbocycles. The first-order valence-electron chi connectivity index (χ1n) is 5.88. The molecule has 1 unspecified atom stereocenters. The molecule has 1 heterocycles. The lowest BCUT2D eigenvalue weighted by atomic mass is 10.2. The molecule has 1 atom stereocenters. The summed E-state index contributed by atoms with van der Waals surface area (Å²) in [5, 5.41) is 8.66. The van der Waals surface area contributed by atoms with Crippen molar-refractivity contribution in [3.63, 3.8) is 0 Å². The largest absolute Gasteiger partial charge is 0.311 e. The summed E-state index contributed by atoms with van der Waals surface area (Å²) in [4.78, 5) is 15.5. The molecule has 1 amide bonds. The molecule has 0 spiro atoms. The molecule has 1 aliphatic rings. The fourth-order valence-electron chi connectivity index (χ4n) is 2.20. The van der Waals surface area contributed by atoms with Gasteiger partial charge in [-0.05, 0) is 31.7 Å². The van der Waals surface area contributed by atoms with Gasteiger partial charge >= 0.3 is 0 Å². The second-order valence-electron chi connectivity index (χ2n) is 4.47. The topological polar surface area (TPSA) is 47.3 Å². The van der Waals surface area contributed by atoms with Crippen LogP contribution in [0.1, 0.15) is 6.42 Å². The SMILES string of the molecule is CN(CC#N)C1CCN(c2ccc(F)c(Cl)c2)C1=O. The summed E-state index contributed by atoms with van der Waals surface area (Å²) in [7, 11) is 1.74. The Morgan fingerprint density at radius 1 is 1.63 bits per heavy atom. The summed E-state index contributed by atoms with van der Waals surface area (Å²) in [6.07, 6.45) is 0.645. The maximum atomic E-state index is 13.1. The minimum Gasteiger partial charge on any atom is -0.311 e. The van der Waals surface area contributed by atoms with Crippen LogP contribution in [0.3, 0.4) is 0 Å². The van der Waals surface area contributed by atoms with Crippen molar-refractivity contribution in [3.8, 4) is 6.07 Å². The highest BCUT2D eigenvalue weighted by atomic mass is 35.5. The first-order valence-corrected chi connectivity index (χ1v) is 6.26. The second-order valence-corrected chi connectivity index (χ2v) is 4.87. The molecule has 4 nitrogen and oxygen atoms in total. The molecule has 1 fully saturated rings. The van der Waals surface area contributed by atoms with Gasteiger partial charge in [-0.25, -0.2) is 4.39 Å². The molecule has 0 aromatic heterocycles. The van der Waals surface area contributed by atoms with E-state index < -0.39 is 5.82 Å². The van der Waals surface area contributed by atoms with Crippen LogP contribution >= 0.6 is 11.6 Å². The van der Waals surface area contributed by atoms with Crippen LogP contribution in [0.25, 0.3) is 0 Å². The highest BCUT2D eigenvalue weighted by Gasteiger charge is 2.35. The van der Waals surface area contributed by atoms with E-state index in [1.807, 2.05) is 6.07 Å². The van der Waals surface area contributed by atoms with Crippen LogP contribution in [0.15, 0.2) is 18.2 Å². The third-order valence-corrected chi connectivity index (χ3v) is 3.53. The van der Waals surface area contributed by atoms with E-state index in [1.54, 1.807) is 16.8 Å². The highest BCUT2D eigenvalue weighted by Crippen LogP contribution is 2.27. The first kappa shape index (κ1) is 13.8. The van der Waals surface area contributed by atoms with Crippen LogP contribution in [-0.4, -0.2) is 37.0 Å². The molecule has 19 heavy (non-hydrogen) atoms. The number of nitrogens with zero attached hydrogens (tertiary/aromatic N) is 3. The molecule has 1 saturated heterocycles. The van der Waals surface area contributed by atoms with Gasteiger partial charge in [0.25, 0.3) is 0 Å². The fourth-order valence-corrected chi connectivity index (χ4v) is 2.38. The number of anilines is 1. The zero-order valence-electron chi connectivity index (χ0n) is 10.4. The Bertz CT molecular complexity index is 543. The Labute approximate surface area is 116 Å². The Balaban J connectivity index is 2.17. The van der Waals surface area contributed by atoms with E-state index in [0.717, 1.165) is 0 Å². The molecule has 1 aromatic rings. The number of amides is 1. The van der Waals surface area contributed by atoms with E-state index in [-0.39, 0.29) is 23.5 Å². The predicted octanol–water partition coefficient (Wildman–Crippen LogP) is 2.04. The molecule has 100 valence electrons. The monoisotopic (exact) mass is 281 g/mol.